The summed E-state index contributed by atoms with van der Waals surface area (Å²) in [6, 6.07) is 5.15. The number of rotatable bonds is 6. The van der Waals surface area contributed by atoms with E-state index in [4.69, 9.17) is 11.6 Å². The van der Waals surface area contributed by atoms with Gasteiger partial charge in [0.15, 0.2) is 0 Å². The predicted molar refractivity (Wildman–Crippen MR) is 79.1 cm³/mol. The van der Waals surface area contributed by atoms with Gasteiger partial charge in [0.1, 0.15) is 5.82 Å². The Morgan fingerprint density at radius 2 is 2.11 bits per heavy atom. The van der Waals surface area contributed by atoms with E-state index in [0.29, 0.717) is 16.9 Å². The van der Waals surface area contributed by atoms with E-state index in [0.717, 1.165) is 25.1 Å². The number of benzene rings is 1. The molecule has 1 nitrogen and oxygen atoms in total. The van der Waals surface area contributed by atoms with Crippen LogP contribution in [-0.4, -0.2) is 13.1 Å². The topological polar surface area (TPSA) is 12.0 Å². The summed E-state index contributed by atoms with van der Waals surface area (Å²) in [6.07, 6.45) is 5.90. The summed E-state index contributed by atoms with van der Waals surface area (Å²) in [5.41, 5.74) is 0.967. The van der Waals surface area contributed by atoms with Crippen LogP contribution in [0.3, 0.4) is 0 Å². The number of nitrogens with one attached hydrogen (secondary N) is 1. The number of halogens is 2. The van der Waals surface area contributed by atoms with Crippen LogP contribution >= 0.6 is 11.6 Å². The van der Waals surface area contributed by atoms with E-state index in [1.807, 2.05) is 6.07 Å². The lowest BCUT2D eigenvalue weighted by Gasteiger charge is -2.20. The highest BCUT2D eigenvalue weighted by molar-refractivity contribution is 6.31. The maximum atomic E-state index is 13.5. The van der Waals surface area contributed by atoms with Crippen molar-refractivity contribution in [3.05, 3.63) is 34.6 Å². The van der Waals surface area contributed by atoms with Crippen LogP contribution in [-0.2, 0) is 6.42 Å². The zero-order chi connectivity index (χ0) is 13.7. The van der Waals surface area contributed by atoms with Crippen molar-refractivity contribution < 1.29 is 4.39 Å². The first-order valence-corrected chi connectivity index (χ1v) is 7.73. The maximum absolute atomic E-state index is 13.5. The molecule has 0 bridgehead atoms. The molecule has 3 heteroatoms. The molecule has 0 heterocycles. The van der Waals surface area contributed by atoms with Gasteiger partial charge in [0.05, 0.1) is 5.02 Å². The summed E-state index contributed by atoms with van der Waals surface area (Å²) in [5, 5.41) is 3.83. The minimum absolute atomic E-state index is 0.294. The highest BCUT2D eigenvalue weighted by Crippen LogP contribution is 2.35. The van der Waals surface area contributed by atoms with Crippen LogP contribution in [0.4, 0.5) is 4.39 Å². The van der Waals surface area contributed by atoms with Crippen molar-refractivity contribution in [2.75, 3.05) is 13.1 Å². The highest BCUT2D eigenvalue weighted by Gasteiger charge is 2.27. The molecular formula is C16H23ClFN. The Morgan fingerprint density at radius 3 is 2.89 bits per heavy atom. The van der Waals surface area contributed by atoms with Crippen molar-refractivity contribution in [1.82, 2.24) is 5.32 Å². The van der Waals surface area contributed by atoms with Gasteiger partial charge in [-0.05, 0) is 62.2 Å². The number of hydrogen-bond donors (Lipinski definition) is 1. The first-order chi connectivity index (χ1) is 9.22. The second-order valence-electron chi connectivity index (χ2n) is 5.57. The van der Waals surface area contributed by atoms with Crippen LogP contribution in [0.2, 0.25) is 5.02 Å². The predicted octanol–water partition coefficient (Wildman–Crippen LogP) is 4.44. The third kappa shape index (κ3) is 3.93. The molecule has 0 aromatic heterocycles. The van der Waals surface area contributed by atoms with Crippen LogP contribution in [0.5, 0.6) is 0 Å². The van der Waals surface area contributed by atoms with Crippen LogP contribution in [0.25, 0.3) is 0 Å². The molecule has 0 radical (unpaired) electrons. The molecule has 0 amide bonds. The first-order valence-electron chi connectivity index (χ1n) is 7.36. The van der Waals surface area contributed by atoms with Crippen molar-refractivity contribution in [3.8, 4) is 0 Å². The normalized spacial score (nSPS) is 22.9. The lowest BCUT2D eigenvalue weighted by atomic mass is 9.89. The maximum Gasteiger partial charge on any atom is 0.142 e. The molecule has 0 saturated heterocycles. The summed E-state index contributed by atoms with van der Waals surface area (Å²) < 4.78 is 13.5. The molecule has 1 N–H and O–H groups in total. The molecule has 1 aliphatic carbocycles. The van der Waals surface area contributed by atoms with Gasteiger partial charge in [0.2, 0.25) is 0 Å². The van der Waals surface area contributed by atoms with Crippen LogP contribution in [0.15, 0.2) is 18.2 Å². The Labute approximate surface area is 120 Å². The molecule has 1 aliphatic rings. The lowest BCUT2D eigenvalue weighted by Crippen LogP contribution is -2.26. The quantitative estimate of drug-likeness (QED) is 0.761. The molecule has 0 aliphatic heterocycles. The second kappa shape index (κ2) is 7.25. The van der Waals surface area contributed by atoms with E-state index in [-0.39, 0.29) is 5.82 Å². The second-order valence-corrected chi connectivity index (χ2v) is 5.95. The van der Waals surface area contributed by atoms with E-state index in [2.05, 4.69) is 12.2 Å². The monoisotopic (exact) mass is 283 g/mol. The van der Waals surface area contributed by atoms with E-state index >= 15 is 0 Å². The van der Waals surface area contributed by atoms with Crippen LogP contribution in [0, 0.1) is 17.7 Å². The van der Waals surface area contributed by atoms with Gasteiger partial charge in [-0.15, -0.1) is 0 Å². The van der Waals surface area contributed by atoms with Gasteiger partial charge in [-0.1, -0.05) is 37.1 Å². The zero-order valence-corrected chi connectivity index (χ0v) is 12.3. The minimum Gasteiger partial charge on any atom is -0.316 e. The fraction of sp³-hybridized carbons (Fsp3) is 0.625. The molecule has 2 unspecified atom stereocenters. The molecule has 2 atom stereocenters. The van der Waals surface area contributed by atoms with E-state index in [1.54, 1.807) is 6.07 Å². The van der Waals surface area contributed by atoms with Crippen molar-refractivity contribution in [2.45, 2.75) is 39.0 Å². The van der Waals surface area contributed by atoms with E-state index < -0.39 is 0 Å². The Balaban J connectivity index is 1.95. The number of hydrogen-bond acceptors (Lipinski definition) is 1. The molecule has 106 valence electrons. The molecule has 2 rings (SSSR count). The Kier molecular flexibility index (Phi) is 5.65. The molecule has 19 heavy (non-hydrogen) atoms. The van der Waals surface area contributed by atoms with Crippen molar-refractivity contribution >= 4 is 11.6 Å². The van der Waals surface area contributed by atoms with Gasteiger partial charge in [0, 0.05) is 0 Å². The minimum atomic E-state index is -0.294. The molecule has 1 aromatic rings. The standard InChI is InChI=1S/C16H23ClFN/c1-2-9-19-11-14-7-3-5-12(14)10-13-6-4-8-15(18)16(13)17/h4,6,8,12,14,19H,2-3,5,7,9-11H2,1H3. The molecule has 1 fully saturated rings. The summed E-state index contributed by atoms with van der Waals surface area (Å²) in [6.45, 7) is 4.36. The molecule has 1 aromatic carbocycles. The lowest BCUT2D eigenvalue weighted by molar-refractivity contribution is 0.365. The Bertz CT molecular complexity index is 408. The summed E-state index contributed by atoms with van der Waals surface area (Å²) >= 11 is 6.06. The summed E-state index contributed by atoms with van der Waals surface area (Å²) in [5.74, 6) is 1.06. The molecular weight excluding hydrogens is 261 g/mol. The van der Waals surface area contributed by atoms with Crippen molar-refractivity contribution in [1.29, 1.82) is 0 Å². The summed E-state index contributed by atoms with van der Waals surface area (Å²) in [4.78, 5) is 0. The van der Waals surface area contributed by atoms with Gasteiger partial charge >= 0.3 is 0 Å². The van der Waals surface area contributed by atoms with Gasteiger partial charge in [-0.3, -0.25) is 0 Å². The largest absolute Gasteiger partial charge is 0.316 e. The van der Waals surface area contributed by atoms with Crippen molar-refractivity contribution in [3.63, 3.8) is 0 Å². The Hall–Kier alpha value is -0.600. The first kappa shape index (κ1) is 14.8. The summed E-state index contributed by atoms with van der Waals surface area (Å²) in [7, 11) is 0. The highest BCUT2D eigenvalue weighted by atomic mass is 35.5. The average molecular weight is 284 g/mol. The zero-order valence-electron chi connectivity index (χ0n) is 11.6. The molecule has 1 saturated carbocycles. The Morgan fingerprint density at radius 1 is 1.32 bits per heavy atom. The van der Waals surface area contributed by atoms with Gasteiger partial charge < -0.3 is 5.32 Å². The SMILES string of the molecule is CCCNCC1CCCC1Cc1cccc(F)c1Cl. The smallest absolute Gasteiger partial charge is 0.142 e. The van der Waals surface area contributed by atoms with Crippen LogP contribution in [0.1, 0.15) is 38.2 Å². The fourth-order valence-electron chi connectivity index (χ4n) is 3.10. The average Bonchev–Trinajstić information content (AvgIpc) is 2.83. The van der Waals surface area contributed by atoms with E-state index in [1.165, 1.54) is 31.7 Å². The molecule has 0 spiro atoms. The third-order valence-electron chi connectivity index (χ3n) is 4.16. The van der Waals surface area contributed by atoms with Crippen LogP contribution < -0.4 is 5.32 Å². The fourth-order valence-corrected chi connectivity index (χ4v) is 3.31. The van der Waals surface area contributed by atoms with Gasteiger partial charge in [0.25, 0.3) is 0 Å². The third-order valence-corrected chi connectivity index (χ3v) is 4.59. The van der Waals surface area contributed by atoms with Crippen molar-refractivity contribution in [2.24, 2.45) is 11.8 Å². The van der Waals surface area contributed by atoms with Gasteiger partial charge in [-0.25, -0.2) is 4.39 Å². The van der Waals surface area contributed by atoms with E-state index in [9.17, 15) is 4.39 Å². The van der Waals surface area contributed by atoms with Gasteiger partial charge in [-0.2, -0.15) is 0 Å².